The second-order valence-electron chi connectivity index (χ2n) is 7.24. The topological polar surface area (TPSA) is 76.1 Å². The van der Waals surface area contributed by atoms with E-state index < -0.39 is 9.84 Å². The van der Waals surface area contributed by atoms with Crippen LogP contribution < -0.4 is 9.47 Å². The molecule has 1 saturated heterocycles. The summed E-state index contributed by atoms with van der Waals surface area (Å²) in [5.74, 6) is 0.616. The first-order valence-electron chi connectivity index (χ1n) is 9.77. The molecule has 162 valence electrons. The molecule has 0 saturated carbocycles. The van der Waals surface area contributed by atoms with Gasteiger partial charge in [-0.05, 0) is 24.3 Å². The Labute approximate surface area is 185 Å². The summed E-state index contributed by atoms with van der Waals surface area (Å²) in [5, 5.41) is 0. The fourth-order valence-electron chi connectivity index (χ4n) is 3.53. The normalized spacial score (nSPS) is 17.2. The van der Waals surface area contributed by atoms with Crippen molar-refractivity contribution in [1.82, 2.24) is 9.80 Å². The molecule has 30 heavy (non-hydrogen) atoms. The number of hydrogen-bond acceptors (Lipinski definition) is 7. The summed E-state index contributed by atoms with van der Waals surface area (Å²) in [6.45, 7) is 4.37. The SMILES string of the molecule is O=C(CCS(=O)(=O)c1ccc2c(c1)OCCO2)N1CCN(Cc2ccc(Cl)s2)CC1. The van der Waals surface area contributed by atoms with Crippen LogP contribution in [0.2, 0.25) is 4.34 Å². The number of carbonyl (C=O) groups is 1. The molecule has 3 heterocycles. The van der Waals surface area contributed by atoms with Crippen molar-refractivity contribution in [3.63, 3.8) is 0 Å². The van der Waals surface area contributed by atoms with Crippen molar-refractivity contribution in [1.29, 1.82) is 0 Å². The number of fused-ring (bicyclic) bond motifs is 1. The van der Waals surface area contributed by atoms with E-state index in [2.05, 4.69) is 4.90 Å². The molecule has 2 aliphatic heterocycles. The number of carbonyl (C=O) groups excluding carboxylic acids is 1. The fourth-order valence-corrected chi connectivity index (χ4v) is 5.90. The van der Waals surface area contributed by atoms with Gasteiger partial charge in [-0.3, -0.25) is 9.69 Å². The molecule has 2 aliphatic rings. The maximum absolute atomic E-state index is 12.7. The predicted molar refractivity (Wildman–Crippen MR) is 115 cm³/mol. The van der Waals surface area contributed by atoms with Gasteiger partial charge in [-0.1, -0.05) is 11.6 Å². The van der Waals surface area contributed by atoms with Crippen LogP contribution in [-0.4, -0.2) is 69.3 Å². The number of piperazine rings is 1. The van der Waals surface area contributed by atoms with Gasteiger partial charge in [-0.2, -0.15) is 0 Å². The molecule has 0 N–H and O–H groups in total. The van der Waals surface area contributed by atoms with Gasteiger partial charge in [-0.25, -0.2) is 8.42 Å². The van der Waals surface area contributed by atoms with Crippen molar-refractivity contribution >= 4 is 38.7 Å². The van der Waals surface area contributed by atoms with Crippen LogP contribution in [0.25, 0.3) is 0 Å². The van der Waals surface area contributed by atoms with E-state index in [0.717, 1.165) is 24.0 Å². The van der Waals surface area contributed by atoms with Crippen LogP contribution in [0.4, 0.5) is 0 Å². The van der Waals surface area contributed by atoms with Crippen molar-refractivity contribution in [2.75, 3.05) is 45.1 Å². The number of ether oxygens (including phenoxy) is 2. The number of amides is 1. The van der Waals surface area contributed by atoms with Gasteiger partial charge in [0.15, 0.2) is 21.3 Å². The van der Waals surface area contributed by atoms with Gasteiger partial charge in [0.1, 0.15) is 13.2 Å². The van der Waals surface area contributed by atoms with Crippen molar-refractivity contribution in [3.8, 4) is 11.5 Å². The van der Waals surface area contributed by atoms with Gasteiger partial charge >= 0.3 is 0 Å². The molecular weight excluding hydrogens is 448 g/mol. The van der Waals surface area contributed by atoms with Crippen LogP contribution in [0.5, 0.6) is 11.5 Å². The third-order valence-electron chi connectivity index (χ3n) is 5.19. The van der Waals surface area contributed by atoms with Gasteiger partial charge in [0.05, 0.1) is 15.0 Å². The second-order valence-corrected chi connectivity index (χ2v) is 11.1. The summed E-state index contributed by atoms with van der Waals surface area (Å²) in [6.07, 6.45) is -0.0304. The van der Waals surface area contributed by atoms with E-state index in [1.807, 2.05) is 12.1 Å². The minimum absolute atomic E-state index is 0.0304. The first-order valence-corrected chi connectivity index (χ1v) is 12.6. The Morgan fingerprint density at radius 2 is 1.77 bits per heavy atom. The first kappa shape index (κ1) is 21.4. The second kappa shape index (κ2) is 9.13. The van der Waals surface area contributed by atoms with Crippen molar-refractivity contribution in [3.05, 3.63) is 39.5 Å². The van der Waals surface area contributed by atoms with E-state index >= 15 is 0 Å². The highest BCUT2D eigenvalue weighted by molar-refractivity contribution is 7.91. The molecule has 0 aliphatic carbocycles. The summed E-state index contributed by atoms with van der Waals surface area (Å²) in [7, 11) is -3.58. The molecule has 1 fully saturated rings. The summed E-state index contributed by atoms with van der Waals surface area (Å²) < 4.78 is 37.0. The highest BCUT2D eigenvalue weighted by Crippen LogP contribution is 2.32. The van der Waals surface area contributed by atoms with Crippen LogP contribution in [0.1, 0.15) is 11.3 Å². The Kier molecular flexibility index (Phi) is 6.52. The lowest BCUT2D eigenvalue weighted by Crippen LogP contribution is -2.48. The third kappa shape index (κ3) is 5.08. The summed E-state index contributed by atoms with van der Waals surface area (Å²) >= 11 is 7.54. The summed E-state index contributed by atoms with van der Waals surface area (Å²) in [5.41, 5.74) is 0. The quantitative estimate of drug-likeness (QED) is 0.646. The Morgan fingerprint density at radius 3 is 2.47 bits per heavy atom. The van der Waals surface area contributed by atoms with Gasteiger partial charge in [0.25, 0.3) is 0 Å². The zero-order valence-corrected chi connectivity index (χ0v) is 18.8. The smallest absolute Gasteiger partial charge is 0.223 e. The maximum Gasteiger partial charge on any atom is 0.223 e. The van der Waals surface area contributed by atoms with E-state index in [1.165, 1.54) is 17.0 Å². The first-order chi connectivity index (χ1) is 14.4. The number of nitrogens with zero attached hydrogens (tertiary/aromatic N) is 2. The zero-order valence-electron chi connectivity index (χ0n) is 16.4. The van der Waals surface area contributed by atoms with Gasteiger partial charge in [0.2, 0.25) is 5.91 Å². The molecular formula is C20H23ClN2O5S2. The van der Waals surface area contributed by atoms with E-state index in [0.29, 0.717) is 37.8 Å². The molecule has 0 atom stereocenters. The number of hydrogen-bond donors (Lipinski definition) is 0. The number of thiophene rings is 1. The van der Waals surface area contributed by atoms with Gasteiger partial charge in [0, 0.05) is 50.1 Å². The largest absolute Gasteiger partial charge is 0.486 e. The Hall–Kier alpha value is -1.81. The van der Waals surface area contributed by atoms with Crippen LogP contribution in [-0.2, 0) is 21.2 Å². The molecule has 0 radical (unpaired) electrons. The lowest BCUT2D eigenvalue weighted by Gasteiger charge is -2.34. The molecule has 0 bridgehead atoms. The number of rotatable bonds is 6. The average Bonchev–Trinajstić information content (AvgIpc) is 3.16. The zero-order chi connectivity index (χ0) is 21.1. The third-order valence-corrected chi connectivity index (χ3v) is 8.12. The molecule has 7 nitrogen and oxygen atoms in total. The predicted octanol–water partition coefficient (Wildman–Crippen LogP) is 2.68. The molecule has 1 amide bonds. The van der Waals surface area contributed by atoms with Crippen molar-refractivity contribution < 1.29 is 22.7 Å². The minimum Gasteiger partial charge on any atom is -0.486 e. The Balaban J connectivity index is 1.28. The Bertz CT molecular complexity index is 1020. The maximum atomic E-state index is 12.7. The highest BCUT2D eigenvalue weighted by atomic mass is 35.5. The van der Waals surface area contributed by atoms with Crippen molar-refractivity contribution in [2.45, 2.75) is 17.9 Å². The molecule has 0 unspecified atom stereocenters. The van der Waals surface area contributed by atoms with E-state index in [9.17, 15) is 13.2 Å². The van der Waals surface area contributed by atoms with Crippen LogP contribution in [0.15, 0.2) is 35.2 Å². The van der Waals surface area contributed by atoms with Crippen molar-refractivity contribution in [2.24, 2.45) is 0 Å². The molecule has 4 rings (SSSR count). The van der Waals surface area contributed by atoms with Gasteiger partial charge in [-0.15, -0.1) is 11.3 Å². The molecule has 1 aromatic carbocycles. The minimum atomic E-state index is -3.58. The molecule has 1 aromatic heterocycles. The number of sulfone groups is 1. The molecule has 0 spiro atoms. The summed E-state index contributed by atoms with van der Waals surface area (Å²) in [6, 6.07) is 8.49. The van der Waals surface area contributed by atoms with E-state index in [1.54, 1.807) is 22.3 Å². The Morgan fingerprint density at radius 1 is 1.03 bits per heavy atom. The van der Waals surface area contributed by atoms with Crippen LogP contribution >= 0.6 is 22.9 Å². The number of benzene rings is 1. The van der Waals surface area contributed by atoms with E-state index in [4.69, 9.17) is 21.1 Å². The highest BCUT2D eigenvalue weighted by Gasteiger charge is 2.25. The summed E-state index contributed by atoms with van der Waals surface area (Å²) in [4.78, 5) is 17.9. The van der Waals surface area contributed by atoms with Crippen LogP contribution in [0.3, 0.4) is 0 Å². The number of halogens is 1. The van der Waals surface area contributed by atoms with E-state index in [-0.39, 0.29) is 23.0 Å². The lowest BCUT2D eigenvalue weighted by molar-refractivity contribution is -0.132. The lowest BCUT2D eigenvalue weighted by atomic mass is 10.2. The molecule has 10 heteroatoms. The standard InChI is InChI=1S/C20H23ClN2O5S2/c21-19-4-1-15(29-19)14-22-6-8-23(9-7-22)20(24)5-12-30(25,26)16-2-3-17-18(13-16)28-11-10-27-17/h1-4,13H,5-12,14H2. The molecule has 2 aromatic rings. The van der Waals surface area contributed by atoms with Crippen LogP contribution in [0, 0.1) is 0 Å². The fraction of sp³-hybridized carbons (Fsp3) is 0.450. The average molecular weight is 471 g/mol. The van der Waals surface area contributed by atoms with Gasteiger partial charge < -0.3 is 14.4 Å². The monoisotopic (exact) mass is 470 g/mol.